The van der Waals surface area contributed by atoms with E-state index in [1.165, 1.54) is 57.7 Å². The van der Waals surface area contributed by atoms with Crippen molar-refractivity contribution in [1.29, 1.82) is 0 Å². The lowest BCUT2D eigenvalue weighted by molar-refractivity contribution is 0.0659. The molecule has 0 aromatic carbocycles. The quantitative estimate of drug-likeness (QED) is 0.842. The molecule has 2 aliphatic rings. The molecule has 1 aliphatic heterocycles. The third-order valence-corrected chi connectivity index (χ3v) is 5.11. The Balaban J connectivity index is 1.50. The minimum absolute atomic E-state index is 0.641. The fraction of sp³-hybridized carbons (Fsp3) is 0.812. The van der Waals surface area contributed by atoms with Gasteiger partial charge in [-0.3, -0.25) is 4.90 Å². The minimum Gasteiger partial charge on any atom is -0.337 e. The molecule has 1 saturated carbocycles. The maximum Gasteiger partial charge on any atom is 0.122 e. The van der Waals surface area contributed by atoms with E-state index < -0.39 is 0 Å². The van der Waals surface area contributed by atoms with Gasteiger partial charge < -0.3 is 9.47 Å². The Morgan fingerprint density at radius 1 is 1.25 bits per heavy atom. The second-order valence-corrected chi connectivity index (χ2v) is 6.68. The summed E-state index contributed by atoms with van der Waals surface area (Å²) in [6.07, 6.45) is 9.77. The molecular weight excluding hydrogens is 248 g/mol. The van der Waals surface area contributed by atoms with Crippen LogP contribution in [0.1, 0.15) is 38.4 Å². The highest BCUT2D eigenvalue weighted by atomic mass is 15.3. The summed E-state index contributed by atoms with van der Waals surface area (Å²) < 4.78 is 2.14. The minimum atomic E-state index is 0.641. The molecule has 112 valence electrons. The largest absolute Gasteiger partial charge is 0.337 e. The Bertz CT molecular complexity index is 422. The van der Waals surface area contributed by atoms with Crippen LogP contribution in [-0.4, -0.2) is 51.6 Å². The number of piperazine rings is 1. The number of imidazole rings is 1. The molecule has 0 bridgehead atoms. The van der Waals surface area contributed by atoms with E-state index in [1.807, 2.05) is 12.4 Å². The first-order chi connectivity index (χ1) is 9.72. The van der Waals surface area contributed by atoms with E-state index in [4.69, 9.17) is 0 Å². The van der Waals surface area contributed by atoms with Crippen LogP contribution in [0, 0.1) is 5.92 Å². The van der Waals surface area contributed by atoms with Crippen molar-refractivity contribution in [2.24, 2.45) is 13.0 Å². The van der Waals surface area contributed by atoms with Gasteiger partial charge in [-0.15, -0.1) is 0 Å². The number of rotatable bonds is 4. The lowest BCUT2D eigenvalue weighted by Gasteiger charge is -2.40. The Hall–Kier alpha value is -0.870. The first-order valence-electron chi connectivity index (χ1n) is 8.15. The molecule has 0 N–H and O–H groups in total. The summed E-state index contributed by atoms with van der Waals surface area (Å²) in [5, 5.41) is 0. The van der Waals surface area contributed by atoms with E-state index in [0.29, 0.717) is 6.04 Å². The maximum absolute atomic E-state index is 4.45. The predicted molar refractivity (Wildman–Crippen MR) is 81.5 cm³/mol. The zero-order valence-electron chi connectivity index (χ0n) is 13.0. The van der Waals surface area contributed by atoms with E-state index in [0.717, 1.165) is 12.5 Å². The Morgan fingerprint density at radius 3 is 2.70 bits per heavy atom. The molecule has 2 heterocycles. The van der Waals surface area contributed by atoms with Crippen LogP contribution in [0.25, 0.3) is 0 Å². The number of hydrogen-bond acceptors (Lipinski definition) is 3. The topological polar surface area (TPSA) is 24.3 Å². The highest BCUT2D eigenvalue weighted by Gasteiger charge is 2.26. The molecule has 20 heavy (non-hydrogen) atoms. The van der Waals surface area contributed by atoms with Gasteiger partial charge in [-0.1, -0.05) is 12.8 Å². The summed E-state index contributed by atoms with van der Waals surface area (Å²) in [5.74, 6) is 2.16. The Kier molecular flexibility index (Phi) is 4.41. The molecule has 1 atom stereocenters. The number of hydrogen-bond donors (Lipinski definition) is 0. The molecule has 1 aromatic heterocycles. The summed E-state index contributed by atoms with van der Waals surface area (Å²) in [7, 11) is 2.09. The normalized spacial score (nSPS) is 26.4. The first-order valence-corrected chi connectivity index (χ1v) is 8.15. The predicted octanol–water partition coefficient (Wildman–Crippen LogP) is 2.12. The fourth-order valence-electron chi connectivity index (χ4n) is 3.76. The van der Waals surface area contributed by atoms with Crippen molar-refractivity contribution in [1.82, 2.24) is 19.4 Å². The molecule has 1 aromatic rings. The zero-order valence-corrected chi connectivity index (χ0v) is 13.0. The van der Waals surface area contributed by atoms with Crippen LogP contribution in [0.4, 0.5) is 0 Å². The van der Waals surface area contributed by atoms with Gasteiger partial charge in [-0.05, 0) is 25.7 Å². The van der Waals surface area contributed by atoms with Crippen LogP contribution in [0.2, 0.25) is 0 Å². The van der Waals surface area contributed by atoms with Gasteiger partial charge in [0.25, 0.3) is 0 Å². The van der Waals surface area contributed by atoms with E-state index in [1.54, 1.807) is 0 Å². The second-order valence-electron chi connectivity index (χ2n) is 6.68. The van der Waals surface area contributed by atoms with Gasteiger partial charge in [0.05, 0.1) is 6.54 Å². The lowest BCUT2D eigenvalue weighted by atomic mass is 10.1. The molecule has 4 nitrogen and oxygen atoms in total. The van der Waals surface area contributed by atoms with Crippen molar-refractivity contribution in [2.45, 2.75) is 45.2 Å². The molecular formula is C16H28N4. The number of nitrogens with zero attached hydrogens (tertiary/aromatic N) is 4. The molecule has 4 heteroatoms. The van der Waals surface area contributed by atoms with Crippen molar-refractivity contribution >= 4 is 0 Å². The Morgan fingerprint density at radius 2 is 2.05 bits per heavy atom. The van der Waals surface area contributed by atoms with Gasteiger partial charge in [0.1, 0.15) is 5.82 Å². The average Bonchev–Trinajstić information content (AvgIpc) is 3.05. The van der Waals surface area contributed by atoms with Crippen LogP contribution in [0.3, 0.4) is 0 Å². The monoisotopic (exact) mass is 276 g/mol. The SMILES string of the molecule is CC1CN(CC2CCCC2)CCN1Cc1nccn1C. The molecule has 1 saturated heterocycles. The van der Waals surface area contributed by atoms with Crippen LogP contribution in [0.15, 0.2) is 12.4 Å². The molecule has 0 amide bonds. The summed E-state index contributed by atoms with van der Waals surface area (Å²) in [5.41, 5.74) is 0. The van der Waals surface area contributed by atoms with Crippen molar-refractivity contribution < 1.29 is 0 Å². The number of aryl methyl sites for hydroxylation is 1. The van der Waals surface area contributed by atoms with Crippen molar-refractivity contribution in [2.75, 3.05) is 26.2 Å². The molecule has 3 rings (SSSR count). The molecule has 1 unspecified atom stereocenters. The third kappa shape index (κ3) is 3.23. The van der Waals surface area contributed by atoms with E-state index >= 15 is 0 Å². The summed E-state index contributed by atoms with van der Waals surface area (Å²) in [4.78, 5) is 9.72. The summed E-state index contributed by atoms with van der Waals surface area (Å²) >= 11 is 0. The van der Waals surface area contributed by atoms with Gasteiger partial charge in [-0.25, -0.2) is 4.98 Å². The third-order valence-electron chi connectivity index (χ3n) is 5.11. The van der Waals surface area contributed by atoms with E-state index in [-0.39, 0.29) is 0 Å². The van der Waals surface area contributed by atoms with Gasteiger partial charge >= 0.3 is 0 Å². The smallest absolute Gasteiger partial charge is 0.122 e. The van der Waals surface area contributed by atoms with E-state index in [2.05, 4.69) is 33.3 Å². The van der Waals surface area contributed by atoms with Gasteiger partial charge in [0.2, 0.25) is 0 Å². The second kappa shape index (κ2) is 6.27. The van der Waals surface area contributed by atoms with Gasteiger partial charge in [0, 0.05) is 51.7 Å². The number of aromatic nitrogens is 2. The van der Waals surface area contributed by atoms with Crippen LogP contribution >= 0.6 is 0 Å². The van der Waals surface area contributed by atoms with Crippen LogP contribution in [-0.2, 0) is 13.6 Å². The fourth-order valence-corrected chi connectivity index (χ4v) is 3.76. The van der Waals surface area contributed by atoms with Crippen molar-refractivity contribution in [3.8, 4) is 0 Å². The lowest BCUT2D eigenvalue weighted by Crippen LogP contribution is -2.52. The molecule has 0 radical (unpaired) electrons. The molecule has 2 fully saturated rings. The first kappa shape index (κ1) is 14.1. The van der Waals surface area contributed by atoms with Gasteiger partial charge in [0.15, 0.2) is 0 Å². The van der Waals surface area contributed by atoms with Crippen molar-refractivity contribution in [3.05, 3.63) is 18.2 Å². The standard InChI is InChI=1S/C16H28N4/c1-14-11-19(12-15-5-3-4-6-15)9-10-20(14)13-16-17-7-8-18(16)2/h7-8,14-15H,3-6,9-13H2,1-2H3. The van der Waals surface area contributed by atoms with Crippen LogP contribution < -0.4 is 0 Å². The zero-order chi connectivity index (χ0) is 13.9. The highest BCUT2D eigenvalue weighted by molar-refractivity contribution is 4.93. The van der Waals surface area contributed by atoms with Crippen molar-refractivity contribution in [3.63, 3.8) is 0 Å². The Labute approximate surface area is 122 Å². The van der Waals surface area contributed by atoms with Gasteiger partial charge in [-0.2, -0.15) is 0 Å². The van der Waals surface area contributed by atoms with E-state index in [9.17, 15) is 0 Å². The summed E-state index contributed by atoms with van der Waals surface area (Å²) in [6.45, 7) is 8.32. The maximum atomic E-state index is 4.45. The molecule has 0 spiro atoms. The highest BCUT2D eigenvalue weighted by Crippen LogP contribution is 2.26. The molecule has 1 aliphatic carbocycles. The van der Waals surface area contributed by atoms with Crippen LogP contribution in [0.5, 0.6) is 0 Å². The summed E-state index contributed by atoms with van der Waals surface area (Å²) in [6, 6.07) is 0.641. The average molecular weight is 276 g/mol.